The number of halogens is 3. The summed E-state index contributed by atoms with van der Waals surface area (Å²) in [6, 6.07) is 20.6. The first-order valence-corrected chi connectivity index (χ1v) is 12.5. The van der Waals surface area contributed by atoms with Crippen LogP contribution in [0.2, 0.25) is 0 Å². The summed E-state index contributed by atoms with van der Waals surface area (Å²) < 4.78 is 52.5. The average molecular weight is 512 g/mol. The first-order valence-electron chi connectivity index (χ1n) is 12.5. The molecule has 1 heterocycles. The Bertz CT molecular complexity index is 1180. The molecule has 1 N–H and O–H groups in total. The predicted octanol–water partition coefficient (Wildman–Crippen LogP) is 6.78. The Morgan fingerprint density at radius 1 is 0.946 bits per heavy atom. The van der Waals surface area contributed by atoms with Crippen LogP contribution in [-0.2, 0) is 27.7 Å². The number of piperidine rings is 1. The van der Waals surface area contributed by atoms with Gasteiger partial charge in [-0.25, -0.2) is 4.79 Å². The molecule has 7 heteroatoms. The van der Waals surface area contributed by atoms with E-state index in [9.17, 15) is 18.0 Å². The van der Waals surface area contributed by atoms with Gasteiger partial charge in [0.25, 0.3) is 0 Å². The Balaban J connectivity index is 1.55. The zero-order valence-electron chi connectivity index (χ0n) is 21.1. The third-order valence-electron chi connectivity index (χ3n) is 6.71. The zero-order chi connectivity index (χ0) is 26.5. The Kier molecular flexibility index (Phi) is 8.35. The predicted molar refractivity (Wildman–Crippen MR) is 137 cm³/mol. The van der Waals surface area contributed by atoms with Gasteiger partial charge < -0.3 is 14.8 Å². The van der Waals surface area contributed by atoms with E-state index in [4.69, 9.17) is 9.47 Å². The van der Waals surface area contributed by atoms with E-state index in [0.717, 1.165) is 38.1 Å². The van der Waals surface area contributed by atoms with Gasteiger partial charge in [0, 0.05) is 5.41 Å². The SMILES string of the molecule is CC(C)OC(=O)c1ccc(-c2cc(COCC3(c4ccccc4)CCNCC3)cc(C(F)(F)F)c2)cc1. The van der Waals surface area contributed by atoms with Gasteiger partial charge in [-0.2, -0.15) is 13.2 Å². The van der Waals surface area contributed by atoms with Gasteiger partial charge in [-0.05, 0) is 92.4 Å². The summed E-state index contributed by atoms with van der Waals surface area (Å²) in [5.74, 6) is -0.468. The van der Waals surface area contributed by atoms with Gasteiger partial charge in [-0.1, -0.05) is 42.5 Å². The highest BCUT2D eigenvalue weighted by Crippen LogP contribution is 2.36. The van der Waals surface area contributed by atoms with Crippen molar-refractivity contribution in [2.75, 3.05) is 19.7 Å². The van der Waals surface area contributed by atoms with Gasteiger partial charge in [0.2, 0.25) is 0 Å². The van der Waals surface area contributed by atoms with E-state index < -0.39 is 17.7 Å². The maximum atomic E-state index is 13.7. The molecular weight excluding hydrogens is 479 g/mol. The highest BCUT2D eigenvalue weighted by atomic mass is 19.4. The minimum absolute atomic E-state index is 0.0672. The van der Waals surface area contributed by atoms with E-state index in [-0.39, 0.29) is 18.1 Å². The van der Waals surface area contributed by atoms with Gasteiger partial charge in [-0.3, -0.25) is 0 Å². The molecule has 3 aromatic rings. The molecule has 37 heavy (non-hydrogen) atoms. The van der Waals surface area contributed by atoms with Gasteiger partial charge in [0.05, 0.1) is 30.4 Å². The molecule has 4 nitrogen and oxygen atoms in total. The molecule has 0 atom stereocenters. The summed E-state index contributed by atoms with van der Waals surface area (Å²) in [4.78, 5) is 12.1. The molecule has 1 aliphatic rings. The lowest BCUT2D eigenvalue weighted by Crippen LogP contribution is -2.43. The Morgan fingerprint density at radius 2 is 1.62 bits per heavy atom. The molecule has 3 aromatic carbocycles. The van der Waals surface area contributed by atoms with Crippen LogP contribution in [-0.4, -0.2) is 31.8 Å². The van der Waals surface area contributed by atoms with Crippen molar-refractivity contribution < 1.29 is 27.4 Å². The molecule has 0 bridgehead atoms. The molecule has 4 rings (SSSR count). The zero-order valence-corrected chi connectivity index (χ0v) is 21.1. The third-order valence-corrected chi connectivity index (χ3v) is 6.71. The van der Waals surface area contributed by atoms with Crippen LogP contribution in [0.5, 0.6) is 0 Å². The third kappa shape index (κ3) is 6.79. The summed E-state index contributed by atoms with van der Waals surface area (Å²) in [7, 11) is 0. The second-order valence-electron chi connectivity index (χ2n) is 9.84. The Labute approximate surface area is 215 Å². The smallest absolute Gasteiger partial charge is 0.416 e. The average Bonchev–Trinajstić information content (AvgIpc) is 2.89. The molecule has 0 amide bonds. The van der Waals surface area contributed by atoms with Crippen LogP contribution in [0.3, 0.4) is 0 Å². The second-order valence-corrected chi connectivity index (χ2v) is 9.84. The lowest BCUT2D eigenvalue weighted by Gasteiger charge is -2.38. The van der Waals surface area contributed by atoms with Gasteiger partial charge in [0.15, 0.2) is 0 Å². The number of alkyl halides is 3. The van der Waals surface area contributed by atoms with Crippen molar-refractivity contribution in [3.05, 3.63) is 95.1 Å². The molecule has 1 saturated heterocycles. The van der Waals surface area contributed by atoms with Crippen molar-refractivity contribution in [1.82, 2.24) is 5.32 Å². The van der Waals surface area contributed by atoms with E-state index in [1.54, 1.807) is 44.2 Å². The lowest BCUT2D eigenvalue weighted by atomic mass is 9.74. The van der Waals surface area contributed by atoms with E-state index in [1.165, 1.54) is 5.56 Å². The number of ether oxygens (including phenoxy) is 2. The number of rotatable bonds is 8. The maximum absolute atomic E-state index is 13.7. The summed E-state index contributed by atoms with van der Waals surface area (Å²) >= 11 is 0. The summed E-state index contributed by atoms with van der Waals surface area (Å²) in [6.07, 6.45) is -2.96. The monoisotopic (exact) mass is 511 g/mol. The number of benzene rings is 3. The van der Waals surface area contributed by atoms with Gasteiger partial charge in [0.1, 0.15) is 0 Å². The molecule has 196 valence electrons. The molecule has 0 spiro atoms. The molecule has 0 aromatic heterocycles. The van der Waals surface area contributed by atoms with Crippen LogP contribution in [0, 0.1) is 0 Å². The fourth-order valence-corrected chi connectivity index (χ4v) is 4.76. The largest absolute Gasteiger partial charge is 0.459 e. The Hall–Kier alpha value is -3.16. The minimum atomic E-state index is -4.49. The Morgan fingerprint density at radius 3 is 2.24 bits per heavy atom. The normalized spacial score (nSPS) is 15.5. The second kappa shape index (κ2) is 11.5. The van der Waals surface area contributed by atoms with E-state index >= 15 is 0 Å². The summed E-state index contributed by atoms with van der Waals surface area (Å²) in [6.45, 7) is 5.74. The number of carbonyl (C=O) groups excluding carboxylic acids is 1. The lowest BCUT2D eigenvalue weighted by molar-refractivity contribution is -0.137. The summed E-state index contributed by atoms with van der Waals surface area (Å²) in [5.41, 5.74) is 2.08. The number of hydrogen-bond acceptors (Lipinski definition) is 4. The van der Waals surface area contributed by atoms with E-state index in [2.05, 4.69) is 17.4 Å². The van der Waals surface area contributed by atoms with Gasteiger partial charge in [-0.15, -0.1) is 0 Å². The molecular formula is C30H32F3NO3. The van der Waals surface area contributed by atoms with Crippen molar-refractivity contribution in [3.63, 3.8) is 0 Å². The summed E-state index contributed by atoms with van der Waals surface area (Å²) in [5, 5.41) is 3.38. The van der Waals surface area contributed by atoms with Crippen LogP contribution in [0.25, 0.3) is 11.1 Å². The van der Waals surface area contributed by atoms with Crippen molar-refractivity contribution in [2.45, 2.75) is 51.0 Å². The first kappa shape index (κ1) is 26.9. The first-order chi connectivity index (χ1) is 17.7. The fourth-order valence-electron chi connectivity index (χ4n) is 4.76. The number of esters is 1. The molecule has 0 aliphatic carbocycles. The maximum Gasteiger partial charge on any atom is 0.416 e. The highest BCUT2D eigenvalue weighted by Gasteiger charge is 2.34. The number of carbonyl (C=O) groups is 1. The highest BCUT2D eigenvalue weighted by molar-refractivity contribution is 5.90. The van der Waals surface area contributed by atoms with Crippen LogP contribution in [0.4, 0.5) is 13.2 Å². The quantitative estimate of drug-likeness (QED) is 0.339. The molecule has 1 aliphatic heterocycles. The standard InChI is InChI=1S/C30H32F3NO3/c1-21(2)37-28(35)24-10-8-23(9-11-24)25-16-22(17-27(18-25)30(31,32)33)19-36-20-29(12-14-34-15-13-29)26-6-4-3-5-7-26/h3-11,16-18,21,34H,12-15,19-20H2,1-2H3. The van der Waals surface area contributed by atoms with Crippen LogP contribution >= 0.6 is 0 Å². The van der Waals surface area contributed by atoms with Crippen LogP contribution in [0.15, 0.2) is 72.8 Å². The van der Waals surface area contributed by atoms with Gasteiger partial charge >= 0.3 is 12.1 Å². The molecule has 0 saturated carbocycles. The van der Waals surface area contributed by atoms with Crippen LogP contribution in [0.1, 0.15) is 53.7 Å². The number of nitrogens with one attached hydrogen (secondary N) is 1. The topological polar surface area (TPSA) is 47.6 Å². The fraction of sp³-hybridized carbons (Fsp3) is 0.367. The van der Waals surface area contributed by atoms with Crippen molar-refractivity contribution in [3.8, 4) is 11.1 Å². The van der Waals surface area contributed by atoms with Crippen molar-refractivity contribution in [1.29, 1.82) is 0 Å². The minimum Gasteiger partial charge on any atom is -0.459 e. The molecule has 0 unspecified atom stereocenters. The molecule has 0 radical (unpaired) electrons. The van der Waals surface area contributed by atoms with E-state index in [0.29, 0.717) is 28.9 Å². The molecule has 1 fully saturated rings. The van der Waals surface area contributed by atoms with E-state index in [1.807, 2.05) is 18.2 Å². The van der Waals surface area contributed by atoms with Crippen molar-refractivity contribution in [2.24, 2.45) is 0 Å². The number of hydrogen-bond donors (Lipinski definition) is 1. The van der Waals surface area contributed by atoms with Crippen LogP contribution < -0.4 is 5.32 Å². The van der Waals surface area contributed by atoms with Crippen molar-refractivity contribution >= 4 is 5.97 Å².